The van der Waals surface area contributed by atoms with Gasteiger partial charge in [-0.2, -0.15) is 0 Å². The molecule has 104 valence electrons. The van der Waals surface area contributed by atoms with Gasteiger partial charge in [0, 0.05) is 17.1 Å². The molecule has 1 aromatic rings. The third kappa shape index (κ3) is 3.20. The van der Waals surface area contributed by atoms with Crippen molar-refractivity contribution in [2.75, 3.05) is 11.5 Å². The summed E-state index contributed by atoms with van der Waals surface area (Å²) in [5, 5.41) is 0.460. The fourth-order valence-corrected chi connectivity index (χ4v) is 7.90. The van der Waals surface area contributed by atoms with Crippen LogP contribution in [0.4, 0.5) is 0 Å². The Morgan fingerprint density at radius 1 is 1.05 bits per heavy atom. The van der Waals surface area contributed by atoms with E-state index in [1.54, 1.807) is 29.6 Å². The van der Waals surface area contributed by atoms with E-state index in [1.807, 2.05) is 29.6 Å². The van der Waals surface area contributed by atoms with E-state index in [1.165, 1.54) is 8.47 Å². The first-order valence-corrected chi connectivity index (χ1v) is 9.92. The summed E-state index contributed by atoms with van der Waals surface area (Å²) in [4.78, 5) is 14.9. The van der Waals surface area contributed by atoms with Crippen LogP contribution in [0.25, 0.3) is 6.08 Å². The number of thioether (sulfide) groups is 4. The molecule has 0 N–H and O–H groups in total. The van der Waals surface area contributed by atoms with E-state index in [4.69, 9.17) is 23.2 Å². The molecule has 0 radical (unpaired) electrons. The van der Waals surface area contributed by atoms with Crippen LogP contribution in [0.15, 0.2) is 18.8 Å². The lowest BCUT2D eigenvalue weighted by molar-refractivity contribution is 0.112. The van der Waals surface area contributed by atoms with Gasteiger partial charge < -0.3 is 0 Å². The van der Waals surface area contributed by atoms with Gasteiger partial charge >= 0.3 is 0 Å². The zero-order valence-corrected chi connectivity index (χ0v) is 14.7. The highest BCUT2D eigenvalue weighted by Crippen LogP contribution is 2.59. The molecule has 3 heterocycles. The highest BCUT2D eigenvalue weighted by molar-refractivity contribution is 8.41. The minimum absolute atomic E-state index is 0.141. The van der Waals surface area contributed by atoms with E-state index in [0.29, 0.717) is 17.0 Å². The molecule has 0 fully saturated rings. The summed E-state index contributed by atoms with van der Waals surface area (Å²) in [5.74, 6) is 2.31. The lowest BCUT2D eigenvalue weighted by atomic mass is 10.2. The normalized spacial score (nSPS) is 18.2. The minimum Gasteiger partial charge on any atom is -0.298 e. The van der Waals surface area contributed by atoms with Gasteiger partial charge in [-0.3, -0.25) is 4.79 Å². The molecule has 0 amide bonds. The van der Waals surface area contributed by atoms with Crippen molar-refractivity contribution in [3.05, 3.63) is 40.2 Å². The van der Waals surface area contributed by atoms with Crippen molar-refractivity contribution in [3.63, 3.8) is 0 Å². The monoisotopic (exact) mass is 379 g/mol. The van der Waals surface area contributed by atoms with Crippen LogP contribution >= 0.6 is 70.2 Å². The summed E-state index contributed by atoms with van der Waals surface area (Å²) in [6.45, 7) is 0. The van der Waals surface area contributed by atoms with Crippen LogP contribution in [0.1, 0.15) is 15.9 Å². The number of nitrogens with zero attached hydrogens (tertiary/aromatic N) is 1. The zero-order chi connectivity index (χ0) is 14.1. The van der Waals surface area contributed by atoms with Gasteiger partial charge in [0.25, 0.3) is 0 Å². The predicted octanol–water partition coefficient (Wildman–Crippen LogP) is 5.59. The number of halogens is 2. The highest BCUT2D eigenvalue weighted by atomic mass is 35.5. The number of aldehydes is 1. The second kappa shape index (κ2) is 6.58. The fourth-order valence-electron chi connectivity index (χ4n) is 1.60. The molecule has 0 saturated carbocycles. The van der Waals surface area contributed by atoms with Crippen molar-refractivity contribution in [2.24, 2.45) is 0 Å². The Bertz CT molecular complexity index is 625. The van der Waals surface area contributed by atoms with Crippen LogP contribution in [0.3, 0.4) is 0 Å². The van der Waals surface area contributed by atoms with E-state index in [0.717, 1.165) is 21.3 Å². The molecule has 1 aromatic heterocycles. The first-order valence-electron chi connectivity index (χ1n) is 5.56. The molecule has 0 spiro atoms. The Morgan fingerprint density at radius 2 is 1.65 bits per heavy atom. The molecule has 0 unspecified atom stereocenters. The molecule has 2 nitrogen and oxygen atoms in total. The van der Waals surface area contributed by atoms with E-state index < -0.39 is 0 Å². The summed E-state index contributed by atoms with van der Waals surface area (Å²) >= 11 is 19.2. The topological polar surface area (TPSA) is 30.0 Å². The van der Waals surface area contributed by atoms with Crippen LogP contribution in [-0.4, -0.2) is 22.8 Å². The number of carbonyl (C=O) groups excluding carboxylic acids is 1. The second-order valence-electron chi connectivity index (χ2n) is 3.81. The Morgan fingerprint density at radius 3 is 2.25 bits per heavy atom. The largest absolute Gasteiger partial charge is 0.298 e. The molecule has 0 atom stereocenters. The predicted molar refractivity (Wildman–Crippen MR) is 94.7 cm³/mol. The van der Waals surface area contributed by atoms with Crippen molar-refractivity contribution in [3.8, 4) is 0 Å². The van der Waals surface area contributed by atoms with Gasteiger partial charge in [0.1, 0.15) is 10.3 Å². The van der Waals surface area contributed by atoms with Crippen molar-refractivity contribution >= 4 is 82.6 Å². The number of pyridine rings is 1. The van der Waals surface area contributed by atoms with Crippen LogP contribution < -0.4 is 0 Å². The Balaban J connectivity index is 1.88. The lowest BCUT2D eigenvalue weighted by Gasteiger charge is -2.08. The molecule has 2 aliphatic rings. The second-order valence-corrected chi connectivity index (χ2v) is 9.61. The SMILES string of the molecule is O=Cc1cc(C=C2SC3=C(SCCS3)S2)c(Cl)nc1Cl. The molecule has 0 bridgehead atoms. The fraction of sp³-hybridized carbons (Fsp3) is 0.167. The molecule has 0 saturated heterocycles. The molecule has 20 heavy (non-hydrogen) atoms. The Hall–Kier alpha value is 0.280. The molecule has 3 rings (SSSR count). The molecule has 2 aliphatic heterocycles. The summed E-state index contributed by atoms with van der Waals surface area (Å²) in [6.07, 6.45) is 2.66. The highest BCUT2D eigenvalue weighted by Gasteiger charge is 2.25. The van der Waals surface area contributed by atoms with Gasteiger partial charge in [0.05, 0.1) is 18.3 Å². The maximum absolute atomic E-state index is 10.9. The number of carbonyl (C=O) groups is 1. The molecule has 0 aliphatic carbocycles. The average Bonchev–Trinajstić information content (AvgIpc) is 2.84. The molecular formula is C12H7Cl2NOS4. The number of hydrogen-bond donors (Lipinski definition) is 0. The molecule has 8 heteroatoms. The van der Waals surface area contributed by atoms with Gasteiger partial charge in [-0.1, -0.05) is 46.7 Å². The number of hydrogen-bond acceptors (Lipinski definition) is 6. The van der Waals surface area contributed by atoms with Gasteiger partial charge in [-0.15, -0.1) is 23.5 Å². The van der Waals surface area contributed by atoms with Gasteiger partial charge in [-0.25, -0.2) is 4.98 Å². The minimum atomic E-state index is 0.141. The Labute approximate surface area is 143 Å². The summed E-state index contributed by atoms with van der Waals surface area (Å²) in [5.41, 5.74) is 1.08. The van der Waals surface area contributed by atoms with Gasteiger partial charge in [0.2, 0.25) is 0 Å². The van der Waals surface area contributed by atoms with Crippen molar-refractivity contribution in [1.29, 1.82) is 0 Å². The maximum atomic E-state index is 10.9. The van der Waals surface area contributed by atoms with Crippen molar-refractivity contribution in [2.45, 2.75) is 0 Å². The lowest BCUT2D eigenvalue weighted by Crippen LogP contribution is -1.90. The smallest absolute Gasteiger partial charge is 0.153 e. The van der Waals surface area contributed by atoms with Crippen LogP contribution in [0, 0.1) is 0 Å². The number of rotatable bonds is 2. The third-order valence-corrected chi connectivity index (χ3v) is 8.74. The first kappa shape index (κ1) is 15.2. The van der Waals surface area contributed by atoms with E-state index in [2.05, 4.69) is 4.98 Å². The Kier molecular flexibility index (Phi) is 5.00. The molecule has 0 aromatic carbocycles. The van der Waals surface area contributed by atoms with E-state index in [9.17, 15) is 4.79 Å². The third-order valence-electron chi connectivity index (χ3n) is 2.49. The zero-order valence-electron chi connectivity index (χ0n) is 9.89. The van der Waals surface area contributed by atoms with E-state index in [-0.39, 0.29) is 5.15 Å². The number of aromatic nitrogens is 1. The summed E-state index contributed by atoms with van der Waals surface area (Å²) in [6, 6.07) is 1.68. The summed E-state index contributed by atoms with van der Waals surface area (Å²) < 4.78 is 3.89. The summed E-state index contributed by atoms with van der Waals surface area (Å²) in [7, 11) is 0. The van der Waals surface area contributed by atoms with Crippen LogP contribution in [0.5, 0.6) is 0 Å². The first-order chi connectivity index (χ1) is 9.67. The van der Waals surface area contributed by atoms with Gasteiger partial charge in [-0.05, 0) is 12.1 Å². The van der Waals surface area contributed by atoms with Crippen LogP contribution in [0.2, 0.25) is 10.3 Å². The maximum Gasteiger partial charge on any atom is 0.153 e. The van der Waals surface area contributed by atoms with Crippen LogP contribution in [-0.2, 0) is 0 Å². The van der Waals surface area contributed by atoms with Crippen molar-refractivity contribution in [1.82, 2.24) is 4.98 Å². The van der Waals surface area contributed by atoms with E-state index >= 15 is 0 Å². The standard InChI is InChI=1S/C12H7Cl2NOS4/c13-9-6(3-7(5-16)10(14)15-9)4-8-19-11-12(20-8)18-2-1-17-11/h3-5H,1-2H2. The molecular weight excluding hydrogens is 373 g/mol. The van der Waals surface area contributed by atoms with Crippen molar-refractivity contribution < 1.29 is 4.79 Å². The van der Waals surface area contributed by atoms with Gasteiger partial charge in [0.15, 0.2) is 6.29 Å². The quantitative estimate of drug-likeness (QED) is 0.491. The average molecular weight is 380 g/mol.